The Bertz CT molecular complexity index is 309. The molecule has 1 aromatic rings. The number of anilines is 2. The summed E-state index contributed by atoms with van der Waals surface area (Å²) in [5, 5.41) is 3.16. The van der Waals surface area contributed by atoms with Crippen molar-refractivity contribution < 1.29 is 9.47 Å². The van der Waals surface area contributed by atoms with Crippen LogP contribution in [-0.4, -0.2) is 43.4 Å². The van der Waals surface area contributed by atoms with Gasteiger partial charge >= 0.3 is 0 Å². The lowest BCUT2D eigenvalue weighted by Crippen LogP contribution is -2.08. The van der Waals surface area contributed by atoms with Crippen LogP contribution in [0.5, 0.6) is 0 Å². The van der Waals surface area contributed by atoms with E-state index < -0.39 is 0 Å². The first-order chi connectivity index (χ1) is 8.34. The average molecular weight is 240 g/mol. The fourth-order valence-electron chi connectivity index (χ4n) is 1.27. The van der Waals surface area contributed by atoms with Gasteiger partial charge in [0.05, 0.1) is 25.1 Å². The number of nitrogens with two attached hydrogens (primary N) is 1. The molecule has 0 amide bonds. The molecule has 1 rings (SSSR count). The van der Waals surface area contributed by atoms with Crippen molar-refractivity contribution in [3.63, 3.8) is 0 Å². The fraction of sp³-hybridized carbons (Fsp3) is 0.636. The molecule has 0 bridgehead atoms. The first-order valence-corrected chi connectivity index (χ1v) is 5.70. The second-order valence-electron chi connectivity index (χ2n) is 3.57. The van der Waals surface area contributed by atoms with Crippen LogP contribution in [0.15, 0.2) is 12.5 Å². The normalized spacial score (nSPS) is 10.4. The Hall–Kier alpha value is -1.40. The largest absolute Gasteiger partial charge is 0.394 e. The van der Waals surface area contributed by atoms with Gasteiger partial charge in [0.15, 0.2) is 5.82 Å². The van der Waals surface area contributed by atoms with Crippen molar-refractivity contribution in [3.05, 3.63) is 12.5 Å². The summed E-state index contributed by atoms with van der Waals surface area (Å²) in [4.78, 5) is 7.86. The van der Waals surface area contributed by atoms with Gasteiger partial charge in [-0.1, -0.05) is 0 Å². The lowest BCUT2D eigenvalue weighted by Gasteiger charge is -2.07. The van der Waals surface area contributed by atoms with E-state index in [4.69, 9.17) is 15.2 Å². The molecule has 1 aromatic heterocycles. The number of unbranched alkanes of at least 4 members (excludes halogenated alkanes) is 1. The highest BCUT2D eigenvalue weighted by Gasteiger charge is 1.98. The number of nitrogens with one attached hydrogen (secondary N) is 1. The van der Waals surface area contributed by atoms with E-state index in [0.717, 1.165) is 26.0 Å². The number of aromatic nitrogens is 2. The van der Waals surface area contributed by atoms with Crippen molar-refractivity contribution in [1.82, 2.24) is 9.97 Å². The topological polar surface area (TPSA) is 82.3 Å². The SMILES string of the molecule is COCCOCCCCNc1ncncc1N. The Balaban J connectivity index is 1.99. The summed E-state index contributed by atoms with van der Waals surface area (Å²) in [6.07, 6.45) is 5.08. The average Bonchev–Trinajstić information content (AvgIpc) is 2.35. The van der Waals surface area contributed by atoms with Crippen molar-refractivity contribution in [3.8, 4) is 0 Å². The first-order valence-electron chi connectivity index (χ1n) is 5.70. The molecule has 6 heteroatoms. The predicted octanol–water partition coefficient (Wildman–Crippen LogP) is 0.914. The molecule has 17 heavy (non-hydrogen) atoms. The Kier molecular flexibility index (Phi) is 7.01. The summed E-state index contributed by atoms with van der Waals surface area (Å²) in [5.74, 6) is 0.695. The smallest absolute Gasteiger partial charge is 0.152 e. The minimum atomic E-state index is 0.573. The molecule has 0 unspecified atom stereocenters. The molecule has 0 fully saturated rings. The highest BCUT2D eigenvalue weighted by Crippen LogP contribution is 2.10. The van der Waals surface area contributed by atoms with Crippen LogP contribution >= 0.6 is 0 Å². The van der Waals surface area contributed by atoms with Gasteiger partial charge in [0.25, 0.3) is 0 Å². The van der Waals surface area contributed by atoms with E-state index in [0.29, 0.717) is 24.7 Å². The monoisotopic (exact) mass is 240 g/mol. The molecule has 0 spiro atoms. The fourth-order valence-corrected chi connectivity index (χ4v) is 1.27. The van der Waals surface area contributed by atoms with Crippen molar-refractivity contribution >= 4 is 11.5 Å². The maximum absolute atomic E-state index is 5.69. The van der Waals surface area contributed by atoms with Gasteiger partial charge in [0.1, 0.15) is 6.33 Å². The second-order valence-corrected chi connectivity index (χ2v) is 3.57. The molecule has 0 radical (unpaired) electrons. The van der Waals surface area contributed by atoms with E-state index in [1.807, 2.05) is 0 Å². The van der Waals surface area contributed by atoms with E-state index in [1.165, 1.54) is 6.33 Å². The summed E-state index contributed by atoms with van der Waals surface area (Å²) in [6.45, 7) is 2.89. The van der Waals surface area contributed by atoms with Crippen LogP contribution in [0.4, 0.5) is 11.5 Å². The molecule has 0 aliphatic carbocycles. The maximum atomic E-state index is 5.69. The minimum Gasteiger partial charge on any atom is -0.394 e. The van der Waals surface area contributed by atoms with Gasteiger partial charge in [-0.2, -0.15) is 0 Å². The molecule has 0 aromatic carbocycles. The molecule has 1 heterocycles. The van der Waals surface area contributed by atoms with Crippen LogP contribution in [0.2, 0.25) is 0 Å². The molecule has 96 valence electrons. The van der Waals surface area contributed by atoms with Crippen molar-refractivity contribution in [1.29, 1.82) is 0 Å². The Labute approximate surface area is 102 Å². The number of nitrogens with zero attached hydrogens (tertiary/aromatic N) is 2. The number of rotatable bonds is 9. The van der Waals surface area contributed by atoms with Crippen LogP contribution in [0.25, 0.3) is 0 Å². The first kappa shape index (κ1) is 13.7. The summed E-state index contributed by atoms with van der Waals surface area (Å²) >= 11 is 0. The van der Waals surface area contributed by atoms with E-state index >= 15 is 0 Å². The number of ether oxygens (including phenoxy) is 2. The van der Waals surface area contributed by atoms with Gasteiger partial charge in [0, 0.05) is 20.3 Å². The third-order valence-electron chi connectivity index (χ3n) is 2.18. The molecular formula is C11H20N4O2. The number of methoxy groups -OCH3 is 1. The van der Waals surface area contributed by atoms with Gasteiger partial charge in [-0.05, 0) is 12.8 Å². The Morgan fingerprint density at radius 3 is 2.94 bits per heavy atom. The minimum absolute atomic E-state index is 0.573. The lowest BCUT2D eigenvalue weighted by atomic mass is 10.3. The molecule has 0 aliphatic rings. The summed E-state index contributed by atoms with van der Waals surface area (Å²) in [5.41, 5.74) is 6.26. The molecule has 0 saturated heterocycles. The van der Waals surface area contributed by atoms with Crippen molar-refractivity contribution in [2.24, 2.45) is 0 Å². The third kappa shape index (κ3) is 6.03. The number of hydrogen-bond donors (Lipinski definition) is 2. The number of nitrogen functional groups attached to an aromatic ring is 1. The summed E-state index contributed by atoms with van der Waals surface area (Å²) < 4.78 is 10.2. The molecule has 3 N–H and O–H groups in total. The van der Waals surface area contributed by atoms with Crippen LogP contribution < -0.4 is 11.1 Å². The number of hydrogen-bond acceptors (Lipinski definition) is 6. The third-order valence-corrected chi connectivity index (χ3v) is 2.18. The summed E-state index contributed by atoms with van der Waals surface area (Å²) in [6, 6.07) is 0. The summed E-state index contributed by atoms with van der Waals surface area (Å²) in [7, 11) is 1.67. The highest BCUT2D eigenvalue weighted by molar-refractivity contribution is 5.58. The van der Waals surface area contributed by atoms with Gasteiger partial charge in [-0.3, -0.25) is 0 Å². The molecular weight excluding hydrogens is 220 g/mol. The van der Waals surface area contributed by atoms with Crippen LogP contribution in [0.3, 0.4) is 0 Å². The van der Waals surface area contributed by atoms with Crippen LogP contribution in [0, 0.1) is 0 Å². The van der Waals surface area contributed by atoms with E-state index in [9.17, 15) is 0 Å². The molecule has 0 aliphatic heterocycles. The molecule has 6 nitrogen and oxygen atoms in total. The van der Waals surface area contributed by atoms with Gasteiger partial charge < -0.3 is 20.5 Å². The molecule has 0 atom stereocenters. The van der Waals surface area contributed by atoms with Gasteiger partial charge in [0.2, 0.25) is 0 Å². The van der Waals surface area contributed by atoms with Crippen LogP contribution in [0.1, 0.15) is 12.8 Å². The molecule has 0 saturated carbocycles. The van der Waals surface area contributed by atoms with Gasteiger partial charge in [-0.15, -0.1) is 0 Å². The van der Waals surface area contributed by atoms with E-state index in [2.05, 4.69) is 15.3 Å². The van der Waals surface area contributed by atoms with Crippen molar-refractivity contribution in [2.45, 2.75) is 12.8 Å². The predicted molar refractivity (Wildman–Crippen MR) is 66.9 cm³/mol. The van der Waals surface area contributed by atoms with Crippen LogP contribution in [-0.2, 0) is 9.47 Å². The highest BCUT2D eigenvalue weighted by atomic mass is 16.5. The van der Waals surface area contributed by atoms with Crippen molar-refractivity contribution in [2.75, 3.05) is 44.5 Å². The zero-order chi connectivity index (χ0) is 12.3. The lowest BCUT2D eigenvalue weighted by molar-refractivity contribution is 0.0691. The maximum Gasteiger partial charge on any atom is 0.152 e. The van der Waals surface area contributed by atoms with Gasteiger partial charge in [-0.25, -0.2) is 9.97 Å². The zero-order valence-corrected chi connectivity index (χ0v) is 10.2. The van der Waals surface area contributed by atoms with E-state index in [1.54, 1.807) is 13.3 Å². The quantitative estimate of drug-likeness (QED) is 0.624. The standard InChI is InChI=1S/C11H20N4O2/c1-16-6-7-17-5-3-2-4-14-11-10(12)8-13-9-15-11/h8-9H,2-7,12H2,1H3,(H,13,14,15). The van der Waals surface area contributed by atoms with E-state index in [-0.39, 0.29) is 0 Å². The zero-order valence-electron chi connectivity index (χ0n) is 10.2. The Morgan fingerprint density at radius 1 is 1.29 bits per heavy atom. The Morgan fingerprint density at radius 2 is 2.18 bits per heavy atom. The second kappa shape index (κ2) is 8.72.